The molecule has 0 N–H and O–H groups in total. The summed E-state index contributed by atoms with van der Waals surface area (Å²) in [7, 11) is 6.58. The molecule has 0 bridgehead atoms. The molecule has 0 aliphatic carbocycles. The monoisotopic (exact) mass is 572 g/mol. The second-order valence-electron chi connectivity index (χ2n) is 10.7. The molecule has 8 aromatic rings. The predicted molar refractivity (Wildman–Crippen MR) is 168 cm³/mol. The normalized spacial score (nSPS) is 12.1. The minimum absolute atomic E-state index is 0.812. The van der Waals surface area contributed by atoms with Crippen LogP contribution in [0.25, 0.3) is 54.6 Å². The van der Waals surface area contributed by atoms with E-state index in [-0.39, 0.29) is 0 Å². The first kappa shape index (κ1) is 23.8. The molecule has 4 aromatic carbocycles. The van der Waals surface area contributed by atoms with Crippen LogP contribution >= 0.6 is 15.9 Å². The molecule has 0 unspecified atom stereocenters. The van der Waals surface area contributed by atoms with E-state index in [9.17, 15) is 0 Å². The van der Waals surface area contributed by atoms with Crippen molar-refractivity contribution in [2.75, 3.05) is 21.1 Å². The van der Waals surface area contributed by atoms with Crippen LogP contribution in [-0.4, -0.2) is 39.9 Å². The summed E-state index contributed by atoms with van der Waals surface area (Å²) in [5.74, 6) is 0. The van der Waals surface area contributed by atoms with E-state index in [1.54, 1.807) is 0 Å². The van der Waals surface area contributed by atoms with Gasteiger partial charge in [0.25, 0.3) is 0 Å². The molecular formula is C33H27BrN5+. The van der Waals surface area contributed by atoms with E-state index < -0.39 is 0 Å². The number of hydrogen-bond acceptors (Lipinski definition) is 2. The van der Waals surface area contributed by atoms with E-state index >= 15 is 0 Å². The molecule has 0 fully saturated rings. The van der Waals surface area contributed by atoms with Gasteiger partial charge >= 0.3 is 0 Å². The first-order valence-electron chi connectivity index (χ1n) is 12.9. The van der Waals surface area contributed by atoms with Gasteiger partial charge in [0.1, 0.15) is 17.0 Å². The van der Waals surface area contributed by atoms with E-state index in [0.717, 1.165) is 20.3 Å². The van der Waals surface area contributed by atoms with E-state index in [4.69, 9.17) is 0 Å². The van der Waals surface area contributed by atoms with Crippen molar-refractivity contribution in [3.05, 3.63) is 114 Å². The Balaban J connectivity index is 0.000000131. The molecule has 6 heteroatoms. The molecule has 4 aromatic heterocycles. The number of nitrogens with zero attached hydrogens (tertiary/aromatic N) is 5. The van der Waals surface area contributed by atoms with Gasteiger partial charge in [0.05, 0.1) is 32.2 Å². The van der Waals surface area contributed by atoms with Gasteiger partial charge in [0.15, 0.2) is 0 Å². The highest BCUT2D eigenvalue weighted by Crippen LogP contribution is 2.33. The summed E-state index contributed by atoms with van der Waals surface area (Å²) in [5, 5.41) is 7.42. The van der Waals surface area contributed by atoms with Gasteiger partial charge in [-0.3, -0.25) is 13.3 Å². The van der Waals surface area contributed by atoms with Crippen LogP contribution in [0.15, 0.2) is 114 Å². The number of fused-ring (bicyclic) bond motifs is 12. The molecule has 0 radical (unpaired) electrons. The summed E-state index contributed by atoms with van der Waals surface area (Å²) in [4.78, 5) is 9.00. The van der Waals surface area contributed by atoms with E-state index in [0.29, 0.717) is 0 Å². The lowest BCUT2D eigenvalue weighted by Gasteiger charge is -2.24. The van der Waals surface area contributed by atoms with Crippen molar-refractivity contribution in [3.8, 4) is 0 Å². The van der Waals surface area contributed by atoms with Crippen LogP contribution in [0, 0.1) is 0 Å². The van der Waals surface area contributed by atoms with Gasteiger partial charge in [-0.1, -0.05) is 64.5 Å². The Bertz CT molecular complexity index is 2180. The Labute approximate surface area is 234 Å². The molecule has 39 heavy (non-hydrogen) atoms. The minimum Gasteiger partial charge on any atom is -0.299 e. The Morgan fingerprint density at radius 3 is 1.59 bits per heavy atom. The summed E-state index contributed by atoms with van der Waals surface area (Å²) in [6.45, 7) is 0. The Morgan fingerprint density at radius 2 is 1.05 bits per heavy atom. The smallest absolute Gasteiger partial charge is 0.145 e. The number of aromatic nitrogens is 4. The van der Waals surface area contributed by atoms with Crippen molar-refractivity contribution >= 4 is 76.3 Å². The highest BCUT2D eigenvalue weighted by Gasteiger charge is 2.15. The zero-order chi connectivity index (χ0) is 26.7. The average molecular weight is 574 g/mol. The molecule has 0 saturated heterocycles. The van der Waals surface area contributed by atoms with Gasteiger partial charge in [0.2, 0.25) is 0 Å². The molecule has 0 spiro atoms. The van der Waals surface area contributed by atoms with Crippen LogP contribution in [0.3, 0.4) is 0 Å². The number of rotatable bonds is 1. The lowest BCUT2D eigenvalue weighted by Crippen LogP contribution is -2.34. The highest BCUT2D eigenvalue weighted by molar-refractivity contribution is 9.10. The second-order valence-corrected chi connectivity index (χ2v) is 11.6. The third-order valence-corrected chi connectivity index (χ3v) is 7.92. The first-order valence-corrected chi connectivity index (χ1v) is 13.7. The van der Waals surface area contributed by atoms with Crippen LogP contribution < -0.4 is 4.48 Å². The molecule has 0 aliphatic rings. The van der Waals surface area contributed by atoms with Crippen molar-refractivity contribution in [3.63, 3.8) is 0 Å². The fraction of sp³-hybridized carbons (Fsp3) is 0.0909. The number of imidazole rings is 2. The van der Waals surface area contributed by atoms with Gasteiger partial charge in [-0.15, -0.1) is 0 Å². The van der Waals surface area contributed by atoms with Crippen LogP contribution in [-0.2, 0) is 0 Å². The van der Waals surface area contributed by atoms with E-state index in [1.807, 2.05) is 24.8 Å². The van der Waals surface area contributed by atoms with Crippen LogP contribution in [0.4, 0.5) is 5.69 Å². The Kier molecular flexibility index (Phi) is 5.44. The summed E-state index contributed by atoms with van der Waals surface area (Å²) < 4.78 is 6.23. The van der Waals surface area contributed by atoms with Crippen molar-refractivity contribution in [1.82, 2.24) is 23.3 Å². The van der Waals surface area contributed by atoms with Gasteiger partial charge in [-0.2, -0.15) is 0 Å². The SMILES string of the molecule is Brc1ccc2c(c1)c1ccccc1c1nccn21.C[N+](C)(C)c1ccc2c(c1)c1ccccc1c1nccn21. The van der Waals surface area contributed by atoms with Gasteiger partial charge in [-0.25, -0.2) is 9.97 Å². The predicted octanol–water partition coefficient (Wildman–Crippen LogP) is 8.24. The third kappa shape index (κ3) is 3.87. The number of quaternary nitrogens is 1. The summed E-state index contributed by atoms with van der Waals surface area (Å²) >= 11 is 3.55. The second kappa shape index (κ2) is 8.90. The Hall–Kier alpha value is -4.26. The van der Waals surface area contributed by atoms with Crippen LogP contribution in [0.1, 0.15) is 0 Å². The van der Waals surface area contributed by atoms with Gasteiger partial charge in [0, 0.05) is 62.9 Å². The molecule has 8 rings (SSSR count). The maximum Gasteiger partial charge on any atom is 0.145 e. The molecule has 5 nitrogen and oxygen atoms in total. The quantitative estimate of drug-likeness (QED) is 0.146. The number of halogens is 1. The van der Waals surface area contributed by atoms with Crippen molar-refractivity contribution < 1.29 is 0 Å². The molecule has 0 atom stereocenters. The largest absolute Gasteiger partial charge is 0.299 e. The molecule has 0 amide bonds. The molecule has 4 heterocycles. The van der Waals surface area contributed by atoms with Crippen molar-refractivity contribution in [2.45, 2.75) is 0 Å². The topological polar surface area (TPSA) is 34.6 Å². The highest BCUT2D eigenvalue weighted by atomic mass is 79.9. The zero-order valence-corrected chi connectivity index (χ0v) is 23.6. The zero-order valence-electron chi connectivity index (χ0n) is 22.0. The average Bonchev–Trinajstić information content (AvgIpc) is 3.64. The maximum absolute atomic E-state index is 4.53. The van der Waals surface area contributed by atoms with Crippen LogP contribution in [0.2, 0.25) is 0 Å². The van der Waals surface area contributed by atoms with Gasteiger partial charge < -0.3 is 0 Å². The number of hydrogen-bond donors (Lipinski definition) is 0. The molecule has 0 saturated carbocycles. The minimum atomic E-state index is 0.812. The number of pyridine rings is 2. The van der Waals surface area contributed by atoms with Crippen molar-refractivity contribution in [1.29, 1.82) is 0 Å². The fourth-order valence-corrected chi connectivity index (χ4v) is 5.88. The Morgan fingerprint density at radius 1 is 0.564 bits per heavy atom. The number of benzene rings is 4. The van der Waals surface area contributed by atoms with Crippen molar-refractivity contribution in [2.24, 2.45) is 0 Å². The summed E-state index contributed by atoms with van der Waals surface area (Å²) in [6, 6.07) is 30.0. The lowest BCUT2D eigenvalue weighted by atomic mass is 10.0. The summed E-state index contributed by atoms with van der Waals surface area (Å²) in [6.07, 6.45) is 7.77. The molecular weight excluding hydrogens is 546 g/mol. The van der Waals surface area contributed by atoms with Gasteiger partial charge in [-0.05, 0) is 35.0 Å². The molecule has 0 aliphatic heterocycles. The van der Waals surface area contributed by atoms with E-state index in [2.05, 4.69) is 141 Å². The van der Waals surface area contributed by atoms with Crippen LogP contribution in [0.5, 0.6) is 0 Å². The standard InChI is InChI=1S/C18H18N3.C15H9BrN2/c1-21(2,3)13-8-9-17-16(12-13)14-6-4-5-7-15(14)18-19-10-11-20(17)18;16-10-5-6-14-13(9-10)11-3-1-2-4-12(11)15-17-7-8-18(14)15/h4-12H,1-3H3;1-9H/q+1;. The first-order chi connectivity index (χ1) is 18.9. The van der Waals surface area contributed by atoms with E-state index in [1.165, 1.54) is 49.0 Å². The molecule has 190 valence electrons. The fourth-order valence-electron chi connectivity index (χ4n) is 5.52. The third-order valence-electron chi connectivity index (χ3n) is 7.43. The maximum atomic E-state index is 4.53. The summed E-state index contributed by atoms with van der Waals surface area (Å²) in [5.41, 5.74) is 5.73. The lowest BCUT2D eigenvalue weighted by molar-refractivity contribution is 0.487.